The van der Waals surface area contributed by atoms with Gasteiger partial charge >= 0.3 is 0 Å². The van der Waals surface area contributed by atoms with Crippen molar-refractivity contribution in [2.75, 3.05) is 13.9 Å². The van der Waals surface area contributed by atoms with Crippen molar-refractivity contribution in [1.29, 1.82) is 0 Å². The largest absolute Gasteiger partial charge is 0.497 e. The molecule has 1 atom stereocenters. The summed E-state index contributed by atoms with van der Waals surface area (Å²) in [5, 5.41) is 3.03. The van der Waals surface area contributed by atoms with Gasteiger partial charge in [-0.15, -0.1) is 0 Å². The molecule has 4 aromatic rings. The number of nitrogens with one attached hydrogen (secondary N) is 2. The number of sulfonamides is 1. The summed E-state index contributed by atoms with van der Waals surface area (Å²) in [6.45, 7) is 0.572. The highest BCUT2D eigenvalue weighted by Gasteiger charge is 2.32. The van der Waals surface area contributed by atoms with Gasteiger partial charge in [-0.1, -0.05) is 60.7 Å². The fourth-order valence-corrected chi connectivity index (χ4v) is 6.72. The van der Waals surface area contributed by atoms with Crippen LogP contribution in [0.25, 0.3) is 0 Å². The summed E-state index contributed by atoms with van der Waals surface area (Å²) in [7, 11) is -1.98. The zero-order valence-corrected chi connectivity index (χ0v) is 26.9. The van der Waals surface area contributed by atoms with Gasteiger partial charge in [-0.25, -0.2) is 13.1 Å². The molecule has 2 aliphatic rings. The molecule has 244 valence electrons. The van der Waals surface area contributed by atoms with Gasteiger partial charge in [0.1, 0.15) is 11.8 Å². The maximum absolute atomic E-state index is 14.1. The van der Waals surface area contributed by atoms with Crippen LogP contribution in [-0.2, 0) is 39.1 Å². The first-order valence-electron chi connectivity index (χ1n) is 15.5. The number of ether oxygens (including phenoxy) is 3. The third-order valence-corrected chi connectivity index (χ3v) is 9.71. The summed E-state index contributed by atoms with van der Waals surface area (Å²) in [5.74, 6) is 1.42. The molecule has 11 heteroatoms. The fourth-order valence-electron chi connectivity index (χ4n) is 5.41. The molecule has 10 nitrogen and oxygen atoms in total. The average molecular weight is 656 g/mol. The third-order valence-electron chi connectivity index (χ3n) is 8.17. The van der Waals surface area contributed by atoms with Crippen molar-refractivity contribution in [1.82, 2.24) is 14.9 Å². The lowest BCUT2D eigenvalue weighted by molar-refractivity contribution is -0.141. The van der Waals surface area contributed by atoms with Crippen molar-refractivity contribution in [2.24, 2.45) is 0 Å². The molecular weight excluding hydrogens is 618 g/mol. The molecule has 0 saturated heterocycles. The van der Waals surface area contributed by atoms with E-state index in [9.17, 15) is 18.0 Å². The maximum Gasteiger partial charge on any atom is 0.247 e. The summed E-state index contributed by atoms with van der Waals surface area (Å²) >= 11 is 0. The number of amides is 2. The van der Waals surface area contributed by atoms with Crippen LogP contribution in [0.15, 0.2) is 102 Å². The molecule has 1 saturated carbocycles. The van der Waals surface area contributed by atoms with Gasteiger partial charge in [0.25, 0.3) is 0 Å². The Morgan fingerprint density at radius 3 is 2.26 bits per heavy atom. The number of carbonyl (C=O) groups excluding carboxylic acids is 2. The van der Waals surface area contributed by atoms with Crippen LogP contribution in [0.5, 0.6) is 17.2 Å². The zero-order chi connectivity index (χ0) is 32.8. The van der Waals surface area contributed by atoms with Crippen molar-refractivity contribution in [3.8, 4) is 17.2 Å². The van der Waals surface area contributed by atoms with E-state index in [1.54, 1.807) is 36.3 Å². The van der Waals surface area contributed by atoms with Gasteiger partial charge in [0.05, 0.1) is 12.0 Å². The van der Waals surface area contributed by atoms with E-state index >= 15 is 0 Å². The number of nitrogens with zero attached hydrogens (tertiary/aromatic N) is 1. The quantitative estimate of drug-likeness (QED) is 0.199. The third kappa shape index (κ3) is 8.11. The van der Waals surface area contributed by atoms with Gasteiger partial charge in [-0.2, -0.15) is 0 Å². The van der Waals surface area contributed by atoms with Gasteiger partial charge in [0, 0.05) is 25.6 Å². The van der Waals surface area contributed by atoms with Crippen LogP contribution in [-0.4, -0.2) is 45.1 Å². The van der Waals surface area contributed by atoms with Crippen LogP contribution in [0.3, 0.4) is 0 Å². The lowest BCUT2D eigenvalue weighted by atomic mass is 10.0. The zero-order valence-electron chi connectivity index (χ0n) is 26.1. The smallest absolute Gasteiger partial charge is 0.247 e. The van der Waals surface area contributed by atoms with Crippen molar-refractivity contribution in [2.45, 2.75) is 55.8 Å². The highest BCUT2D eigenvalue weighted by Crippen LogP contribution is 2.33. The standard InChI is InChI=1S/C36H37N3O7S/c1-44-30-15-7-26(8-16-30)23-39(34(40)20-12-25-9-17-31(18-10-25)47(42,43)38-29-13-14-29)35(28-5-3-2-4-6-28)36(41)37-22-27-11-19-32-33(21-27)46-24-45-32/h2-11,15-19,21,29,35,38H,12-14,20,22-24H2,1H3,(H,37,41)/t35-/m1/s1. The van der Waals surface area contributed by atoms with E-state index in [1.807, 2.05) is 72.8 Å². The monoisotopic (exact) mass is 655 g/mol. The number of benzene rings is 4. The average Bonchev–Trinajstić information content (AvgIpc) is 3.77. The molecule has 0 unspecified atom stereocenters. The number of hydrogen-bond acceptors (Lipinski definition) is 7. The number of carbonyl (C=O) groups is 2. The summed E-state index contributed by atoms with van der Waals surface area (Å²) in [6, 6.07) is 27.8. The van der Waals surface area contributed by atoms with Crippen LogP contribution in [0.2, 0.25) is 0 Å². The molecule has 0 radical (unpaired) electrons. The molecule has 47 heavy (non-hydrogen) atoms. The minimum absolute atomic E-state index is 0.0146. The van der Waals surface area contributed by atoms with Gasteiger partial charge in [0.15, 0.2) is 11.5 Å². The number of aryl methyl sites for hydroxylation is 1. The summed E-state index contributed by atoms with van der Waals surface area (Å²) in [5.41, 5.74) is 3.16. The first-order chi connectivity index (χ1) is 22.8. The Morgan fingerprint density at radius 2 is 1.55 bits per heavy atom. The Kier molecular flexibility index (Phi) is 9.74. The Bertz CT molecular complexity index is 1810. The minimum atomic E-state index is -3.57. The first-order valence-corrected chi connectivity index (χ1v) is 17.0. The lowest BCUT2D eigenvalue weighted by Crippen LogP contribution is -2.43. The number of rotatable bonds is 14. The molecule has 1 heterocycles. The molecule has 2 N–H and O–H groups in total. The molecule has 1 aliphatic heterocycles. The molecular formula is C36H37N3O7S. The molecule has 0 spiro atoms. The Labute approximate surface area is 274 Å². The molecule has 0 aromatic heterocycles. The predicted molar refractivity (Wildman–Crippen MR) is 175 cm³/mol. The predicted octanol–water partition coefficient (Wildman–Crippen LogP) is 4.88. The SMILES string of the molecule is COc1ccc(CN(C(=O)CCc2ccc(S(=O)(=O)NC3CC3)cc2)[C@@H](C(=O)NCc2ccc3c(c2)OCO3)c2ccccc2)cc1. The van der Waals surface area contributed by atoms with Gasteiger partial charge < -0.3 is 24.4 Å². The van der Waals surface area contributed by atoms with E-state index in [-0.39, 0.29) is 49.1 Å². The Morgan fingerprint density at radius 1 is 0.872 bits per heavy atom. The maximum atomic E-state index is 14.1. The lowest BCUT2D eigenvalue weighted by Gasteiger charge is -2.32. The Balaban J connectivity index is 1.23. The molecule has 1 fully saturated rings. The van der Waals surface area contributed by atoms with E-state index < -0.39 is 16.1 Å². The van der Waals surface area contributed by atoms with E-state index in [0.717, 1.165) is 29.5 Å². The molecule has 0 bridgehead atoms. The second-order valence-electron chi connectivity index (χ2n) is 11.6. The summed E-state index contributed by atoms with van der Waals surface area (Å²) in [6.07, 6.45) is 2.19. The van der Waals surface area contributed by atoms with Crippen LogP contribution in [0.1, 0.15) is 47.6 Å². The topological polar surface area (TPSA) is 123 Å². The van der Waals surface area contributed by atoms with Crippen LogP contribution >= 0.6 is 0 Å². The summed E-state index contributed by atoms with van der Waals surface area (Å²) in [4.78, 5) is 29.9. The van der Waals surface area contributed by atoms with Crippen molar-refractivity contribution in [3.05, 3.63) is 119 Å². The number of fused-ring (bicyclic) bond motifs is 1. The van der Waals surface area contributed by atoms with E-state index in [4.69, 9.17) is 14.2 Å². The Hall–Kier alpha value is -4.87. The molecule has 2 amide bonds. The van der Waals surface area contributed by atoms with Crippen LogP contribution < -0.4 is 24.2 Å². The summed E-state index contributed by atoms with van der Waals surface area (Å²) < 4.78 is 44.1. The van der Waals surface area contributed by atoms with Crippen molar-refractivity contribution in [3.63, 3.8) is 0 Å². The highest BCUT2D eigenvalue weighted by molar-refractivity contribution is 7.89. The van der Waals surface area contributed by atoms with Gasteiger partial charge in [-0.3, -0.25) is 9.59 Å². The number of hydrogen-bond donors (Lipinski definition) is 2. The first kappa shape index (κ1) is 32.1. The molecule has 6 rings (SSSR count). The second-order valence-corrected chi connectivity index (χ2v) is 13.3. The fraction of sp³-hybridized carbons (Fsp3) is 0.278. The van der Waals surface area contributed by atoms with E-state index in [1.165, 1.54) is 0 Å². The van der Waals surface area contributed by atoms with Crippen molar-refractivity contribution < 1.29 is 32.2 Å². The molecule has 4 aromatic carbocycles. The van der Waals surface area contributed by atoms with Crippen LogP contribution in [0, 0.1) is 0 Å². The highest BCUT2D eigenvalue weighted by atomic mass is 32.2. The second kappa shape index (κ2) is 14.3. The normalized spacial score (nSPS) is 14.3. The minimum Gasteiger partial charge on any atom is -0.497 e. The van der Waals surface area contributed by atoms with Crippen molar-refractivity contribution >= 4 is 21.8 Å². The van der Waals surface area contributed by atoms with Gasteiger partial charge in [-0.05, 0) is 77.9 Å². The van der Waals surface area contributed by atoms with Crippen LogP contribution in [0.4, 0.5) is 0 Å². The number of methoxy groups -OCH3 is 1. The van der Waals surface area contributed by atoms with E-state index in [2.05, 4.69) is 10.0 Å². The van der Waals surface area contributed by atoms with Gasteiger partial charge in [0.2, 0.25) is 28.6 Å². The molecule has 1 aliphatic carbocycles. The van der Waals surface area contributed by atoms with E-state index in [0.29, 0.717) is 29.2 Å².